The van der Waals surface area contributed by atoms with E-state index in [1.54, 1.807) is 0 Å². The normalized spacial score (nSPS) is 11.1. The third kappa shape index (κ3) is 4.40. The Morgan fingerprint density at radius 3 is 2.65 bits per heavy atom. The molecule has 1 aromatic heterocycles. The Hall–Kier alpha value is -2.43. The number of aryl methyl sites for hydroxylation is 1. The maximum absolute atomic E-state index is 12.4. The molecule has 0 aliphatic carbocycles. The zero-order valence-corrected chi connectivity index (χ0v) is 15.8. The monoisotopic (exact) mass is 367 g/mol. The molecule has 0 saturated carbocycles. The van der Waals surface area contributed by atoms with E-state index in [0.717, 1.165) is 34.1 Å². The summed E-state index contributed by atoms with van der Waals surface area (Å²) in [7, 11) is 1.90. The van der Waals surface area contributed by atoms with Gasteiger partial charge in [0.25, 0.3) is 0 Å². The third-order valence-electron chi connectivity index (χ3n) is 4.28. The molecule has 0 radical (unpaired) electrons. The van der Waals surface area contributed by atoms with Crippen molar-refractivity contribution in [3.8, 4) is 0 Å². The first-order valence-corrected chi connectivity index (χ1v) is 9.05. The first kappa shape index (κ1) is 18.4. The number of aromatic nitrogens is 1. The van der Waals surface area contributed by atoms with E-state index in [9.17, 15) is 4.79 Å². The van der Waals surface area contributed by atoms with Gasteiger partial charge >= 0.3 is 0 Å². The lowest BCUT2D eigenvalue weighted by molar-refractivity contribution is -0.117. The summed E-state index contributed by atoms with van der Waals surface area (Å²) in [4.78, 5) is 18.7. The van der Waals surface area contributed by atoms with Gasteiger partial charge in [0.15, 0.2) is 0 Å². The number of carbonyl (C=O) groups excluding carboxylic acids is 1. The molecule has 4 nitrogen and oxygen atoms in total. The van der Waals surface area contributed by atoms with Gasteiger partial charge in [-0.05, 0) is 37.2 Å². The van der Waals surface area contributed by atoms with Gasteiger partial charge in [0, 0.05) is 23.2 Å². The number of nitrogens with one attached hydrogen (secondary N) is 1. The average Bonchev–Trinajstić information content (AvgIpc) is 2.62. The summed E-state index contributed by atoms with van der Waals surface area (Å²) in [5.74, 6) is -0.0433. The lowest BCUT2D eigenvalue weighted by Gasteiger charge is -2.18. The van der Waals surface area contributed by atoms with Crippen LogP contribution in [-0.4, -0.2) is 29.4 Å². The minimum atomic E-state index is -0.0433. The van der Waals surface area contributed by atoms with Crippen LogP contribution < -0.4 is 5.32 Å². The molecule has 134 valence electrons. The predicted molar refractivity (Wildman–Crippen MR) is 108 cm³/mol. The highest BCUT2D eigenvalue weighted by atomic mass is 35.5. The van der Waals surface area contributed by atoms with Crippen LogP contribution in [0.1, 0.15) is 18.1 Å². The van der Waals surface area contributed by atoms with E-state index in [4.69, 9.17) is 11.6 Å². The van der Waals surface area contributed by atoms with E-state index in [1.807, 2.05) is 66.5 Å². The summed E-state index contributed by atoms with van der Waals surface area (Å²) >= 11 is 6.31. The van der Waals surface area contributed by atoms with Crippen LogP contribution in [0.5, 0.6) is 0 Å². The number of pyridine rings is 1. The van der Waals surface area contributed by atoms with Crippen molar-refractivity contribution in [3.63, 3.8) is 0 Å². The molecular weight excluding hydrogens is 346 g/mol. The van der Waals surface area contributed by atoms with Gasteiger partial charge in [-0.1, -0.05) is 54.9 Å². The predicted octanol–water partition coefficient (Wildman–Crippen LogP) is 4.52. The Bertz CT molecular complexity index is 926. The van der Waals surface area contributed by atoms with E-state index in [0.29, 0.717) is 11.7 Å². The Kier molecular flexibility index (Phi) is 5.86. The maximum Gasteiger partial charge on any atom is 0.238 e. The highest BCUT2D eigenvalue weighted by molar-refractivity contribution is 6.30. The van der Waals surface area contributed by atoms with Crippen molar-refractivity contribution in [2.75, 3.05) is 18.9 Å². The van der Waals surface area contributed by atoms with Gasteiger partial charge in [-0.2, -0.15) is 0 Å². The number of para-hydroxylation sites is 2. The number of likely N-dealkylation sites (N-methyl/N-ethyl adjacent to an activating group) is 1. The third-order valence-corrected chi connectivity index (χ3v) is 4.60. The number of hydrogen-bond acceptors (Lipinski definition) is 3. The number of benzene rings is 2. The number of fused-ring (bicyclic) bond motifs is 1. The van der Waals surface area contributed by atoms with E-state index in [1.165, 1.54) is 0 Å². The van der Waals surface area contributed by atoms with Crippen molar-refractivity contribution in [2.24, 2.45) is 0 Å². The van der Waals surface area contributed by atoms with Gasteiger partial charge in [-0.25, -0.2) is 4.98 Å². The fourth-order valence-corrected chi connectivity index (χ4v) is 3.18. The largest absolute Gasteiger partial charge is 0.325 e. The van der Waals surface area contributed by atoms with Crippen molar-refractivity contribution in [2.45, 2.75) is 19.9 Å². The highest BCUT2D eigenvalue weighted by Gasteiger charge is 2.12. The summed E-state index contributed by atoms with van der Waals surface area (Å²) < 4.78 is 0. The molecule has 1 amide bonds. The molecule has 0 aliphatic heterocycles. The summed E-state index contributed by atoms with van der Waals surface area (Å²) in [5.41, 5.74) is 3.79. The molecule has 0 spiro atoms. The SMILES string of the molecule is CCc1ccccc1NC(=O)CN(C)Cc1cc2ccccc2nc1Cl. The minimum absolute atomic E-state index is 0.0433. The van der Waals surface area contributed by atoms with Crippen LogP contribution in [0.3, 0.4) is 0 Å². The van der Waals surface area contributed by atoms with Crippen molar-refractivity contribution in [1.82, 2.24) is 9.88 Å². The summed E-state index contributed by atoms with van der Waals surface area (Å²) in [6.45, 7) is 2.91. The van der Waals surface area contributed by atoms with Gasteiger partial charge < -0.3 is 5.32 Å². The van der Waals surface area contributed by atoms with Gasteiger partial charge in [-0.15, -0.1) is 0 Å². The molecule has 1 heterocycles. The van der Waals surface area contributed by atoms with Crippen molar-refractivity contribution >= 4 is 34.1 Å². The smallest absolute Gasteiger partial charge is 0.238 e. The van der Waals surface area contributed by atoms with Crippen LogP contribution in [0.15, 0.2) is 54.6 Å². The molecule has 0 fully saturated rings. The van der Waals surface area contributed by atoms with Crippen molar-refractivity contribution in [3.05, 3.63) is 70.9 Å². The lowest BCUT2D eigenvalue weighted by Crippen LogP contribution is -2.30. The Labute approximate surface area is 158 Å². The van der Waals surface area contributed by atoms with Crippen LogP contribution in [0.25, 0.3) is 10.9 Å². The van der Waals surface area contributed by atoms with Crippen molar-refractivity contribution in [1.29, 1.82) is 0 Å². The fourth-order valence-electron chi connectivity index (χ4n) is 2.98. The Balaban J connectivity index is 1.66. The second-order valence-electron chi connectivity index (χ2n) is 6.36. The van der Waals surface area contributed by atoms with E-state index in [2.05, 4.69) is 17.2 Å². The Morgan fingerprint density at radius 1 is 1.12 bits per heavy atom. The molecule has 1 N–H and O–H groups in total. The minimum Gasteiger partial charge on any atom is -0.325 e. The van der Waals surface area contributed by atoms with Gasteiger partial charge in [0.05, 0.1) is 12.1 Å². The average molecular weight is 368 g/mol. The number of hydrogen-bond donors (Lipinski definition) is 1. The molecule has 2 aromatic carbocycles. The molecule has 3 aromatic rings. The number of halogens is 1. The topological polar surface area (TPSA) is 45.2 Å². The molecule has 5 heteroatoms. The first-order valence-electron chi connectivity index (χ1n) is 8.67. The summed E-state index contributed by atoms with van der Waals surface area (Å²) in [6, 6.07) is 17.8. The van der Waals surface area contributed by atoms with Gasteiger partial charge in [-0.3, -0.25) is 9.69 Å². The van der Waals surface area contributed by atoms with Crippen LogP contribution in [0.4, 0.5) is 5.69 Å². The van der Waals surface area contributed by atoms with E-state index < -0.39 is 0 Å². The number of carbonyl (C=O) groups is 1. The molecule has 0 unspecified atom stereocenters. The summed E-state index contributed by atoms with van der Waals surface area (Å²) in [6.07, 6.45) is 0.880. The maximum atomic E-state index is 12.4. The molecule has 26 heavy (non-hydrogen) atoms. The fraction of sp³-hybridized carbons (Fsp3) is 0.238. The number of rotatable bonds is 6. The van der Waals surface area contributed by atoms with Gasteiger partial charge in [0.1, 0.15) is 5.15 Å². The Morgan fingerprint density at radius 2 is 1.85 bits per heavy atom. The molecule has 0 atom stereocenters. The number of anilines is 1. The van der Waals surface area contributed by atoms with Crippen molar-refractivity contribution < 1.29 is 4.79 Å². The van der Waals surface area contributed by atoms with E-state index in [-0.39, 0.29) is 12.5 Å². The van der Waals surface area contributed by atoms with E-state index >= 15 is 0 Å². The van der Waals surface area contributed by atoms with Crippen LogP contribution in [-0.2, 0) is 17.8 Å². The quantitative estimate of drug-likeness (QED) is 0.651. The highest BCUT2D eigenvalue weighted by Crippen LogP contribution is 2.21. The number of nitrogens with zero attached hydrogens (tertiary/aromatic N) is 2. The second kappa shape index (κ2) is 8.30. The molecule has 0 bridgehead atoms. The molecule has 0 saturated heterocycles. The lowest BCUT2D eigenvalue weighted by atomic mass is 10.1. The van der Waals surface area contributed by atoms with Crippen LogP contribution in [0, 0.1) is 0 Å². The summed E-state index contributed by atoms with van der Waals surface area (Å²) in [5, 5.41) is 4.52. The number of amides is 1. The second-order valence-corrected chi connectivity index (χ2v) is 6.72. The van der Waals surface area contributed by atoms with Crippen LogP contribution >= 0.6 is 11.6 Å². The molecule has 0 aliphatic rings. The standard InChI is InChI=1S/C21H22ClN3O/c1-3-15-8-4-6-10-18(15)23-20(26)14-25(2)13-17-12-16-9-5-7-11-19(16)24-21(17)22/h4-12H,3,13-14H2,1-2H3,(H,23,26). The molecule has 3 rings (SSSR count). The van der Waals surface area contributed by atoms with Crippen LogP contribution in [0.2, 0.25) is 5.15 Å². The molecular formula is C21H22ClN3O. The zero-order chi connectivity index (χ0) is 18.5. The van der Waals surface area contributed by atoms with Gasteiger partial charge in [0.2, 0.25) is 5.91 Å². The zero-order valence-electron chi connectivity index (χ0n) is 15.0. The first-order chi connectivity index (χ1) is 12.6.